The van der Waals surface area contributed by atoms with E-state index >= 15 is 0 Å². The molecule has 1 saturated carbocycles. The summed E-state index contributed by atoms with van der Waals surface area (Å²) in [4.78, 5) is 2.31. The first-order chi connectivity index (χ1) is 11.0. The second kappa shape index (κ2) is 6.53. The molecule has 0 spiro atoms. The Hall–Kier alpha value is -2.16. The lowest BCUT2D eigenvalue weighted by molar-refractivity contribution is 0.133. The van der Waals surface area contributed by atoms with Crippen LogP contribution in [0.2, 0.25) is 0 Å². The first-order valence-corrected chi connectivity index (χ1v) is 8.20. The molecule has 1 fully saturated rings. The van der Waals surface area contributed by atoms with Crippen molar-refractivity contribution in [2.45, 2.75) is 27.2 Å². The maximum absolute atomic E-state index is 9.75. The molecule has 0 saturated heterocycles. The van der Waals surface area contributed by atoms with Crippen LogP contribution in [-0.2, 0) is 0 Å². The summed E-state index contributed by atoms with van der Waals surface area (Å²) in [6.45, 7) is 8.64. The van der Waals surface area contributed by atoms with Crippen molar-refractivity contribution in [2.24, 2.45) is 29.1 Å². The lowest BCUT2D eigenvalue weighted by atomic mass is 9.53. The Morgan fingerprint density at radius 3 is 2.48 bits per heavy atom. The largest absolute Gasteiger partial charge is 0.305 e. The SMILES string of the molecule is CCCN1CC=C2C(C#N)C(=N)C(C#N)(C#N)[C@@H](C(C)C)[C@H]2C1. The summed E-state index contributed by atoms with van der Waals surface area (Å²) in [7, 11) is 0. The van der Waals surface area contributed by atoms with Gasteiger partial charge in [-0.3, -0.25) is 4.90 Å². The van der Waals surface area contributed by atoms with E-state index in [1.807, 2.05) is 13.8 Å². The first-order valence-electron chi connectivity index (χ1n) is 8.20. The highest BCUT2D eigenvalue weighted by Gasteiger charge is 2.57. The Morgan fingerprint density at radius 2 is 2.00 bits per heavy atom. The molecule has 2 aliphatic rings. The zero-order valence-electron chi connectivity index (χ0n) is 14.0. The molecule has 1 heterocycles. The third kappa shape index (κ3) is 2.54. The molecule has 1 aliphatic carbocycles. The van der Waals surface area contributed by atoms with Crippen molar-refractivity contribution in [3.05, 3.63) is 11.6 Å². The Labute approximate surface area is 138 Å². The standard InChI is InChI=1S/C18H23N5/c1-4-6-23-7-5-13-14(8-19)17(22)18(10-20,11-21)16(12(2)3)15(13)9-23/h5,12,14-16,22H,4,6-7,9H2,1-3H3/t14?,15-,16-/m0/s1. The molecule has 5 nitrogen and oxygen atoms in total. The van der Waals surface area contributed by atoms with E-state index in [1.54, 1.807) is 0 Å². The highest BCUT2D eigenvalue weighted by Crippen LogP contribution is 2.51. The van der Waals surface area contributed by atoms with Gasteiger partial charge in [0.2, 0.25) is 0 Å². The predicted molar refractivity (Wildman–Crippen MR) is 87.1 cm³/mol. The highest BCUT2D eigenvalue weighted by molar-refractivity contribution is 6.00. The van der Waals surface area contributed by atoms with Crippen molar-refractivity contribution in [2.75, 3.05) is 19.6 Å². The normalized spacial score (nSPS) is 29.9. The quantitative estimate of drug-likeness (QED) is 0.810. The minimum Gasteiger partial charge on any atom is -0.305 e. The van der Waals surface area contributed by atoms with Gasteiger partial charge in [-0.15, -0.1) is 0 Å². The zero-order chi connectivity index (χ0) is 17.2. The molecule has 1 aliphatic heterocycles. The number of nitrogens with zero attached hydrogens (tertiary/aromatic N) is 4. The second-order valence-electron chi connectivity index (χ2n) is 6.85. The molecule has 120 valence electrons. The molecule has 0 amide bonds. The van der Waals surface area contributed by atoms with Gasteiger partial charge in [0.1, 0.15) is 5.92 Å². The molecule has 3 atom stereocenters. The van der Waals surface area contributed by atoms with Gasteiger partial charge in [-0.1, -0.05) is 26.8 Å². The van der Waals surface area contributed by atoms with Gasteiger partial charge in [0.05, 0.1) is 23.9 Å². The summed E-state index contributed by atoms with van der Waals surface area (Å²) in [5, 5.41) is 37.5. The van der Waals surface area contributed by atoms with Crippen LogP contribution in [0.15, 0.2) is 11.6 Å². The molecule has 0 aromatic carbocycles. The first kappa shape index (κ1) is 17.2. The lowest BCUT2D eigenvalue weighted by Gasteiger charge is -2.49. The van der Waals surface area contributed by atoms with Crippen molar-refractivity contribution in [1.82, 2.24) is 4.90 Å². The van der Waals surface area contributed by atoms with E-state index < -0.39 is 11.3 Å². The van der Waals surface area contributed by atoms with E-state index in [4.69, 9.17) is 5.41 Å². The van der Waals surface area contributed by atoms with Crippen LogP contribution < -0.4 is 0 Å². The third-order valence-corrected chi connectivity index (χ3v) is 5.19. The molecule has 0 aromatic heterocycles. The average molecular weight is 309 g/mol. The van der Waals surface area contributed by atoms with Gasteiger partial charge in [-0.25, -0.2) is 0 Å². The van der Waals surface area contributed by atoms with Gasteiger partial charge in [0.25, 0.3) is 0 Å². The number of nitriles is 3. The van der Waals surface area contributed by atoms with Gasteiger partial charge in [-0.05, 0) is 24.5 Å². The smallest absolute Gasteiger partial charge is 0.186 e. The highest BCUT2D eigenvalue weighted by atomic mass is 15.1. The molecule has 0 aromatic rings. The van der Waals surface area contributed by atoms with E-state index in [9.17, 15) is 15.8 Å². The molecule has 0 radical (unpaired) electrons. The molecule has 1 unspecified atom stereocenters. The van der Waals surface area contributed by atoms with Crippen LogP contribution in [0.5, 0.6) is 0 Å². The number of rotatable bonds is 3. The topological polar surface area (TPSA) is 98.5 Å². The fraction of sp³-hybridized carbons (Fsp3) is 0.667. The van der Waals surface area contributed by atoms with Gasteiger partial charge < -0.3 is 5.41 Å². The molecule has 0 bridgehead atoms. The summed E-state index contributed by atoms with van der Waals surface area (Å²) >= 11 is 0. The minimum atomic E-state index is -1.49. The Bertz CT molecular complexity index is 626. The van der Waals surface area contributed by atoms with Crippen molar-refractivity contribution in [3.8, 4) is 18.2 Å². The number of hydrogen-bond donors (Lipinski definition) is 1. The van der Waals surface area contributed by atoms with Gasteiger partial charge >= 0.3 is 0 Å². The van der Waals surface area contributed by atoms with E-state index in [0.717, 1.165) is 31.6 Å². The van der Waals surface area contributed by atoms with Crippen molar-refractivity contribution in [1.29, 1.82) is 21.2 Å². The van der Waals surface area contributed by atoms with E-state index in [0.29, 0.717) is 0 Å². The summed E-state index contributed by atoms with van der Waals surface area (Å²) in [6.07, 6.45) is 3.10. The second-order valence-corrected chi connectivity index (χ2v) is 6.85. The van der Waals surface area contributed by atoms with Gasteiger partial charge in [0, 0.05) is 24.9 Å². The Balaban J connectivity index is 2.58. The fourth-order valence-corrected chi connectivity index (χ4v) is 4.27. The van der Waals surface area contributed by atoms with Gasteiger partial charge in [0.15, 0.2) is 5.41 Å². The van der Waals surface area contributed by atoms with Crippen molar-refractivity contribution >= 4 is 5.71 Å². The van der Waals surface area contributed by atoms with Crippen LogP contribution in [0.4, 0.5) is 0 Å². The zero-order valence-corrected chi connectivity index (χ0v) is 14.0. The number of hydrogen-bond acceptors (Lipinski definition) is 5. The van der Waals surface area contributed by atoms with Crippen LogP contribution in [0.25, 0.3) is 0 Å². The molecule has 1 N–H and O–H groups in total. The van der Waals surface area contributed by atoms with E-state index in [-0.39, 0.29) is 23.5 Å². The van der Waals surface area contributed by atoms with Crippen LogP contribution in [0, 0.1) is 68.5 Å². The lowest BCUT2D eigenvalue weighted by Crippen LogP contribution is -2.55. The molecule has 2 rings (SSSR count). The predicted octanol–water partition coefficient (Wildman–Crippen LogP) is 2.73. The van der Waals surface area contributed by atoms with Gasteiger partial charge in [-0.2, -0.15) is 15.8 Å². The summed E-state index contributed by atoms with van der Waals surface area (Å²) < 4.78 is 0. The summed E-state index contributed by atoms with van der Waals surface area (Å²) in [5.41, 5.74) is -0.578. The monoisotopic (exact) mass is 309 g/mol. The van der Waals surface area contributed by atoms with Crippen LogP contribution >= 0.6 is 0 Å². The number of nitrogens with one attached hydrogen (secondary N) is 1. The Kier molecular flexibility index (Phi) is 4.88. The van der Waals surface area contributed by atoms with E-state index in [1.165, 1.54) is 0 Å². The molecule has 23 heavy (non-hydrogen) atoms. The van der Waals surface area contributed by atoms with Crippen LogP contribution in [-0.4, -0.2) is 30.2 Å². The van der Waals surface area contributed by atoms with E-state index in [2.05, 4.69) is 36.1 Å². The maximum Gasteiger partial charge on any atom is 0.186 e. The van der Waals surface area contributed by atoms with Crippen molar-refractivity contribution < 1.29 is 0 Å². The minimum absolute atomic E-state index is 0.00616. The van der Waals surface area contributed by atoms with Crippen molar-refractivity contribution in [3.63, 3.8) is 0 Å². The molecule has 5 heteroatoms. The van der Waals surface area contributed by atoms with Crippen LogP contribution in [0.1, 0.15) is 27.2 Å². The van der Waals surface area contributed by atoms with Crippen LogP contribution in [0.3, 0.4) is 0 Å². The maximum atomic E-state index is 9.75. The third-order valence-electron chi connectivity index (χ3n) is 5.19. The summed E-state index contributed by atoms with van der Waals surface area (Å²) in [5.74, 6) is -0.906. The summed E-state index contributed by atoms with van der Waals surface area (Å²) in [6, 6.07) is 6.39. The number of fused-ring (bicyclic) bond motifs is 1. The Morgan fingerprint density at radius 1 is 1.35 bits per heavy atom. The molecular weight excluding hydrogens is 286 g/mol. The molecular formula is C18H23N5. The fourth-order valence-electron chi connectivity index (χ4n) is 4.27. The average Bonchev–Trinajstić information content (AvgIpc) is 2.54.